The van der Waals surface area contributed by atoms with E-state index in [1.807, 2.05) is 12.1 Å². The van der Waals surface area contributed by atoms with Gasteiger partial charge in [0.05, 0.1) is 12.7 Å². The summed E-state index contributed by atoms with van der Waals surface area (Å²) in [6.45, 7) is -0.487. The van der Waals surface area contributed by atoms with E-state index in [4.69, 9.17) is 13.9 Å². The van der Waals surface area contributed by atoms with Gasteiger partial charge in [-0.05, 0) is 37.0 Å². The zero-order chi connectivity index (χ0) is 19.7. The van der Waals surface area contributed by atoms with E-state index in [1.54, 1.807) is 18.2 Å². The van der Waals surface area contributed by atoms with Gasteiger partial charge in [0.25, 0.3) is 5.91 Å². The summed E-state index contributed by atoms with van der Waals surface area (Å²) in [5, 5.41) is 3.86. The molecule has 1 aromatic carbocycles. The first-order valence-corrected chi connectivity index (χ1v) is 9.57. The van der Waals surface area contributed by atoms with Gasteiger partial charge in [0.15, 0.2) is 6.61 Å². The van der Waals surface area contributed by atoms with E-state index < -0.39 is 24.5 Å². The first-order valence-electron chi connectivity index (χ1n) is 8.75. The number of rotatable bonds is 5. The zero-order valence-corrected chi connectivity index (χ0v) is 15.9. The SMILES string of the molecule is COC(=O)c1c(NC(=O)COC(=O)c2cc3ccccc3o2)sc2c1CCC2. The Morgan fingerprint density at radius 2 is 2.00 bits per heavy atom. The highest BCUT2D eigenvalue weighted by Gasteiger charge is 2.28. The number of amides is 1. The predicted molar refractivity (Wildman–Crippen MR) is 103 cm³/mol. The van der Waals surface area contributed by atoms with Crippen LogP contribution in [0.5, 0.6) is 0 Å². The van der Waals surface area contributed by atoms with Crippen LogP contribution in [0.1, 0.15) is 37.8 Å². The molecule has 2 aromatic heterocycles. The number of nitrogens with one attached hydrogen (secondary N) is 1. The van der Waals surface area contributed by atoms with Gasteiger partial charge in [-0.3, -0.25) is 4.79 Å². The molecule has 0 fully saturated rings. The number of para-hydroxylation sites is 1. The van der Waals surface area contributed by atoms with E-state index in [0.29, 0.717) is 16.1 Å². The third-order valence-corrected chi connectivity index (χ3v) is 5.73. The lowest BCUT2D eigenvalue weighted by Gasteiger charge is -2.07. The van der Waals surface area contributed by atoms with Crippen molar-refractivity contribution in [1.82, 2.24) is 0 Å². The number of anilines is 1. The number of benzene rings is 1. The molecule has 4 rings (SSSR count). The molecule has 0 aliphatic heterocycles. The Morgan fingerprint density at radius 1 is 1.18 bits per heavy atom. The van der Waals surface area contributed by atoms with Crippen LogP contribution in [-0.2, 0) is 27.1 Å². The Bertz CT molecular complexity index is 1050. The number of aryl methyl sites for hydroxylation is 1. The van der Waals surface area contributed by atoms with Crippen LogP contribution in [0.2, 0.25) is 0 Å². The van der Waals surface area contributed by atoms with Crippen molar-refractivity contribution < 1.29 is 28.3 Å². The molecule has 1 N–H and O–H groups in total. The third-order valence-electron chi connectivity index (χ3n) is 4.52. The summed E-state index contributed by atoms with van der Waals surface area (Å²) >= 11 is 1.36. The Labute approximate surface area is 164 Å². The molecule has 1 amide bonds. The molecule has 1 aliphatic carbocycles. The van der Waals surface area contributed by atoms with Gasteiger partial charge in [-0.2, -0.15) is 0 Å². The van der Waals surface area contributed by atoms with Gasteiger partial charge in [0, 0.05) is 10.3 Å². The monoisotopic (exact) mass is 399 g/mol. The summed E-state index contributed by atoms with van der Waals surface area (Å²) in [5.74, 6) is -1.71. The van der Waals surface area contributed by atoms with Crippen molar-refractivity contribution in [2.24, 2.45) is 0 Å². The largest absolute Gasteiger partial charge is 0.465 e. The number of furan rings is 1. The summed E-state index contributed by atoms with van der Waals surface area (Å²) in [5.41, 5.74) is 1.90. The fourth-order valence-corrected chi connectivity index (χ4v) is 4.55. The van der Waals surface area contributed by atoms with Crippen LogP contribution in [0.25, 0.3) is 11.0 Å². The smallest absolute Gasteiger partial charge is 0.374 e. The van der Waals surface area contributed by atoms with Crippen molar-refractivity contribution in [2.75, 3.05) is 19.0 Å². The van der Waals surface area contributed by atoms with Crippen LogP contribution < -0.4 is 5.32 Å². The molecule has 0 saturated heterocycles. The van der Waals surface area contributed by atoms with Crippen LogP contribution in [0.15, 0.2) is 34.7 Å². The molecule has 1 aliphatic rings. The summed E-state index contributed by atoms with van der Waals surface area (Å²) in [7, 11) is 1.31. The molecular formula is C20H17NO6S. The summed E-state index contributed by atoms with van der Waals surface area (Å²) in [6.07, 6.45) is 2.64. The predicted octanol–water partition coefficient (Wildman–Crippen LogP) is 3.57. The van der Waals surface area contributed by atoms with Crippen LogP contribution in [0.4, 0.5) is 5.00 Å². The highest BCUT2D eigenvalue weighted by molar-refractivity contribution is 7.17. The lowest BCUT2D eigenvalue weighted by Crippen LogP contribution is -2.21. The van der Waals surface area contributed by atoms with Crippen LogP contribution in [-0.4, -0.2) is 31.6 Å². The molecule has 28 heavy (non-hydrogen) atoms. The normalized spacial score (nSPS) is 12.6. The minimum atomic E-state index is -0.729. The van der Waals surface area contributed by atoms with Gasteiger partial charge in [-0.15, -0.1) is 11.3 Å². The molecule has 0 unspecified atom stereocenters. The molecule has 2 heterocycles. The second-order valence-electron chi connectivity index (χ2n) is 6.33. The van der Waals surface area contributed by atoms with Crippen LogP contribution in [0, 0.1) is 0 Å². The third kappa shape index (κ3) is 3.38. The number of carbonyl (C=O) groups is 3. The maximum absolute atomic E-state index is 12.2. The molecule has 7 nitrogen and oxygen atoms in total. The molecular weight excluding hydrogens is 382 g/mol. The molecule has 144 valence electrons. The number of esters is 2. The number of thiophene rings is 1. The van der Waals surface area contributed by atoms with Gasteiger partial charge in [0.2, 0.25) is 5.76 Å². The Kier molecular flexibility index (Phi) is 4.87. The number of methoxy groups -OCH3 is 1. The molecule has 3 aromatic rings. The second-order valence-corrected chi connectivity index (χ2v) is 7.43. The Balaban J connectivity index is 1.42. The quantitative estimate of drug-likeness (QED) is 0.659. The van der Waals surface area contributed by atoms with E-state index in [1.165, 1.54) is 18.4 Å². The molecule has 0 radical (unpaired) electrons. The van der Waals surface area contributed by atoms with E-state index in [-0.39, 0.29) is 5.76 Å². The number of carbonyl (C=O) groups excluding carboxylic acids is 3. The fourth-order valence-electron chi connectivity index (χ4n) is 3.26. The molecule has 0 bridgehead atoms. The van der Waals surface area contributed by atoms with Crippen molar-refractivity contribution in [1.29, 1.82) is 0 Å². The van der Waals surface area contributed by atoms with Crippen molar-refractivity contribution in [3.8, 4) is 0 Å². The first kappa shape index (κ1) is 18.2. The fraction of sp³-hybridized carbons (Fsp3) is 0.250. The number of fused-ring (bicyclic) bond motifs is 2. The standard InChI is InChI=1S/C20H17NO6S/c1-25-20(24)17-12-6-4-8-15(12)28-18(17)21-16(22)10-26-19(23)14-9-11-5-2-3-7-13(11)27-14/h2-3,5,7,9H,4,6,8,10H2,1H3,(H,21,22). The van der Waals surface area contributed by atoms with Crippen LogP contribution >= 0.6 is 11.3 Å². The zero-order valence-electron chi connectivity index (χ0n) is 15.1. The van der Waals surface area contributed by atoms with E-state index in [2.05, 4.69) is 5.32 Å². The van der Waals surface area contributed by atoms with Crippen molar-refractivity contribution in [3.05, 3.63) is 52.1 Å². The number of hydrogen-bond donors (Lipinski definition) is 1. The van der Waals surface area contributed by atoms with Gasteiger partial charge >= 0.3 is 11.9 Å². The first-order chi connectivity index (χ1) is 13.6. The minimum absolute atomic E-state index is 0.0272. The van der Waals surface area contributed by atoms with Gasteiger partial charge in [-0.25, -0.2) is 9.59 Å². The molecule has 0 saturated carbocycles. The summed E-state index contributed by atoms with van der Waals surface area (Å²) < 4.78 is 15.3. The minimum Gasteiger partial charge on any atom is -0.465 e. The molecule has 8 heteroatoms. The molecule has 0 spiro atoms. The average Bonchev–Trinajstić information content (AvgIpc) is 3.39. The van der Waals surface area contributed by atoms with Crippen molar-refractivity contribution in [3.63, 3.8) is 0 Å². The number of hydrogen-bond acceptors (Lipinski definition) is 7. The van der Waals surface area contributed by atoms with Gasteiger partial charge in [0.1, 0.15) is 10.6 Å². The van der Waals surface area contributed by atoms with Gasteiger partial charge < -0.3 is 19.2 Å². The van der Waals surface area contributed by atoms with Gasteiger partial charge in [-0.1, -0.05) is 18.2 Å². The second kappa shape index (κ2) is 7.47. The van der Waals surface area contributed by atoms with Crippen molar-refractivity contribution >= 4 is 45.2 Å². The highest BCUT2D eigenvalue weighted by atomic mass is 32.1. The Hall–Kier alpha value is -3.13. The average molecular weight is 399 g/mol. The van der Waals surface area contributed by atoms with Crippen LogP contribution in [0.3, 0.4) is 0 Å². The Morgan fingerprint density at radius 3 is 2.79 bits per heavy atom. The van der Waals surface area contributed by atoms with E-state index >= 15 is 0 Å². The lowest BCUT2D eigenvalue weighted by atomic mass is 10.1. The maximum atomic E-state index is 12.2. The number of ether oxygens (including phenoxy) is 2. The van der Waals surface area contributed by atoms with Crippen molar-refractivity contribution in [2.45, 2.75) is 19.3 Å². The lowest BCUT2D eigenvalue weighted by molar-refractivity contribution is -0.119. The highest BCUT2D eigenvalue weighted by Crippen LogP contribution is 2.39. The topological polar surface area (TPSA) is 94.8 Å². The molecule has 0 atom stereocenters. The summed E-state index contributed by atoms with van der Waals surface area (Å²) in [4.78, 5) is 37.6. The van der Waals surface area contributed by atoms with E-state index in [9.17, 15) is 14.4 Å². The summed E-state index contributed by atoms with van der Waals surface area (Å²) in [6, 6.07) is 8.74. The maximum Gasteiger partial charge on any atom is 0.374 e. The van der Waals surface area contributed by atoms with E-state index in [0.717, 1.165) is 35.1 Å².